The van der Waals surface area contributed by atoms with Crippen molar-refractivity contribution < 1.29 is 13.9 Å². The summed E-state index contributed by atoms with van der Waals surface area (Å²) in [5.41, 5.74) is 1.80. The maximum absolute atomic E-state index is 12.9. The Hall–Kier alpha value is -2.60. The molecule has 0 bridgehead atoms. The van der Waals surface area contributed by atoms with Crippen LogP contribution in [0, 0.1) is 5.82 Å². The summed E-state index contributed by atoms with van der Waals surface area (Å²) in [6.45, 7) is 3.72. The Morgan fingerprint density at radius 2 is 1.76 bits per heavy atom. The van der Waals surface area contributed by atoms with E-state index in [4.69, 9.17) is 4.74 Å². The van der Waals surface area contributed by atoms with Crippen molar-refractivity contribution in [1.82, 2.24) is 4.90 Å². The number of amides is 1. The number of halogens is 1. The highest BCUT2D eigenvalue weighted by Crippen LogP contribution is 2.26. The normalized spacial score (nSPS) is 15.0. The van der Waals surface area contributed by atoms with Crippen LogP contribution in [0.3, 0.4) is 0 Å². The fourth-order valence-corrected chi connectivity index (χ4v) is 2.77. The molecule has 0 unspecified atom stereocenters. The van der Waals surface area contributed by atoms with Gasteiger partial charge in [0.15, 0.2) is 6.61 Å². The number of nitrogens with one attached hydrogen (secondary N) is 1. The number of piperazine rings is 1. The van der Waals surface area contributed by atoms with Gasteiger partial charge in [-0.3, -0.25) is 4.79 Å². The summed E-state index contributed by atoms with van der Waals surface area (Å²) in [7, 11) is 2.11. The second kappa shape index (κ2) is 7.98. The number of hydrogen-bond donors (Lipinski definition) is 1. The summed E-state index contributed by atoms with van der Waals surface area (Å²) in [4.78, 5) is 16.8. The molecule has 0 aromatic heterocycles. The molecule has 1 aliphatic rings. The molecular formula is C19H22FN3O2. The van der Waals surface area contributed by atoms with Crippen LogP contribution in [-0.2, 0) is 4.79 Å². The zero-order chi connectivity index (χ0) is 17.6. The second-order valence-corrected chi connectivity index (χ2v) is 6.10. The number of hydrogen-bond acceptors (Lipinski definition) is 4. The van der Waals surface area contributed by atoms with Crippen molar-refractivity contribution in [3.05, 3.63) is 54.3 Å². The molecule has 2 aromatic rings. The Morgan fingerprint density at radius 3 is 2.48 bits per heavy atom. The Labute approximate surface area is 147 Å². The predicted molar refractivity (Wildman–Crippen MR) is 96.7 cm³/mol. The van der Waals surface area contributed by atoms with Crippen LogP contribution in [0.1, 0.15) is 0 Å². The molecule has 0 saturated carbocycles. The molecule has 5 nitrogen and oxygen atoms in total. The third-order valence-corrected chi connectivity index (χ3v) is 4.21. The third kappa shape index (κ3) is 4.70. The van der Waals surface area contributed by atoms with E-state index in [0.29, 0.717) is 5.75 Å². The highest BCUT2D eigenvalue weighted by molar-refractivity contribution is 5.95. The van der Waals surface area contributed by atoms with Gasteiger partial charge >= 0.3 is 0 Å². The number of nitrogens with zero attached hydrogens (tertiary/aromatic N) is 2. The number of likely N-dealkylation sites (N-methyl/N-ethyl adjacent to an activating group) is 1. The molecule has 1 fully saturated rings. The average molecular weight is 343 g/mol. The predicted octanol–water partition coefficient (Wildman–Crippen LogP) is 2.60. The van der Waals surface area contributed by atoms with Crippen molar-refractivity contribution in [3.63, 3.8) is 0 Å². The van der Waals surface area contributed by atoms with Gasteiger partial charge in [0.2, 0.25) is 0 Å². The molecule has 0 radical (unpaired) electrons. The summed E-state index contributed by atoms with van der Waals surface area (Å²) < 4.78 is 18.3. The number of carbonyl (C=O) groups is 1. The monoisotopic (exact) mass is 343 g/mol. The zero-order valence-electron chi connectivity index (χ0n) is 14.2. The van der Waals surface area contributed by atoms with Crippen LogP contribution >= 0.6 is 0 Å². The van der Waals surface area contributed by atoms with Crippen molar-refractivity contribution >= 4 is 17.3 Å². The quantitative estimate of drug-likeness (QED) is 0.906. The Kier molecular flexibility index (Phi) is 5.50. The highest BCUT2D eigenvalue weighted by atomic mass is 19.1. The van der Waals surface area contributed by atoms with Gasteiger partial charge in [-0.05, 0) is 43.4 Å². The van der Waals surface area contributed by atoms with Gasteiger partial charge in [0, 0.05) is 26.2 Å². The highest BCUT2D eigenvalue weighted by Gasteiger charge is 2.17. The van der Waals surface area contributed by atoms with Crippen LogP contribution in [0.2, 0.25) is 0 Å². The summed E-state index contributed by atoms with van der Waals surface area (Å²) in [5.74, 6) is -0.118. The molecule has 1 saturated heterocycles. The number of rotatable bonds is 5. The van der Waals surface area contributed by atoms with Crippen molar-refractivity contribution in [3.8, 4) is 5.75 Å². The lowest BCUT2D eigenvalue weighted by atomic mass is 10.2. The van der Waals surface area contributed by atoms with Crippen LogP contribution in [0.15, 0.2) is 48.5 Å². The SMILES string of the molecule is CN1CCN(c2ccccc2NC(=O)COc2ccc(F)cc2)CC1. The maximum atomic E-state index is 12.9. The second-order valence-electron chi connectivity index (χ2n) is 6.10. The van der Waals surface area contributed by atoms with Gasteiger partial charge in [-0.25, -0.2) is 4.39 Å². The van der Waals surface area contributed by atoms with Crippen molar-refractivity contribution in [2.75, 3.05) is 50.1 Å². The molecule has 6 heteroatoms. The van der Waals surface area contributed by atoms with Crippen molar-refractivity contribution in [1.29, 1.82) is 0 Å². The molecule has 1 amide bonds. The van der Waals surface area contributed by atoms with E-state index in [9.17, 15) is 9.18 Å². The standard InChI is InChI=1S/C19H22FN3O2/c1-22-10-12-23(13-11-22)18-5-3-2-4-17(18)21-19(24)14-25-16-8-6-15(20)7-9-16/h2-9H,10-14H2,1H3,(H,21,24). The molecule has 3 rings (SSSR count). The van der Waals surface area contributed by atoms with Crippen LogP contribution in [-0.4, -0.2) is 50.6 Å². The van der Waals surface area contributed by atoms with Crippen molar-refractivity contribution in [2.45, 2.75) is 0 Å². The Morgan fingerprint density at radius 1 is 1.08 bits per heavy atom. The molecular weight excluding hydrogens is 321 g/mol. The summed E-state index contributed by atoms with van der Waals surface area (Å²) >= 11 is 0. The van der Waals surface area contributed by atoms with Gasteiger partial charge in [0.1, 0.15) is 11.6 Å². The molecule has 1 aliphatic heterocycles. The minimum absolute atomic E-state index is 0.122. The zero-order valence-corrected chi connectivity index (χ0v) is 14.2. The van der Waals surface area contributed by atoms with Gasteiger partial charge in [-0.15, -0.1) is 0 Å². The van der Waals surface area contributed by atoms with E-state index in [1.165, 1.54) is 24.3 Å². The average Bonchev–Trinajstić information content (AvgIpc) is 2.63. The molecule has 2 aromatic carbocycles. The summed E-state index contributed by atoms with van der Waals surface area (Å²) in [6, 6.07) is 13.4. The smallest absolute Gasteiger partial charge is 0.262 e. The molecule has 1 heterocycles. The number of ether oxygens (including phenoxy) is 1. The molecule has 0 aliphatic carbocycles. The van der Waals surface area contributed by atoms with E-state index in [0.717, 1.165) is 37.6 Å². The Balaban J connectivity index is 1.60. The first-order valence-electron chi connectivity index (χ1n) is 8.32. The number of para-hydroxylation sites is 2. The summed E-state index contributed by atoms with van der Waals surface area (Å²) in [6.07, 6.45) is 0. The van der Waals surface area contributed by atoms with Gasteiger partial charge < -0.3 is 19.9 Å². The van der Waals surface area contributed by atoms with Crippen molar-refractivity contribution in [2.24, 2.45) is 0 Å². The Bertz CT molecular complexity index is 713. The first-order chi connectivity index (χ1) is 12.1. The number of anilines is 2. The lowest BCUT2D eigenvalue weighted by Crippen LogP contribution is -2.44. The lowest BCUT2D eigenvalue weighted by molar-refractivity contribution is -0.118. The molecule has 1 N–H and O–H groups in total. The van der Waals surface area contributed by atoms with E-state index in [2.05, 4.69) is 22.2 Å². The molecule has 132 valence electrons. The largest absolute Gasteiger partial charge is 0.484 e. The third-order valence-electron chi connectivity index (χ3n) is 4.21. The van der Waals surface area contributed by atoms with Crippen LogP contribution in [0.5, 0.6) is 5.75 Å². The lowest BCUT2D eigenvalue weighted by Gasteiger charge is -2.35. The topological polar surface area (TPSA) is 44.8 Å². The number of benzene rings is 2. The van der Waals surface area contributed by atoms with E-state index >= 15 is 0 Å². The van der Waals surface area contributed by atoms with Gasteiger partial charge in [0.25, 0.3) is 5.91 Å². The minimum Gasteiger partial charge on any atom is -0.484 e. The molecule has 0 spiro atoms. The van der Waals surface area contributed by atoms with Gasteiger partial charge in [-0.2, -0.15) is 0 Å². The van der Waals surface area contributed by atoms with Crippen LogP contribution in [0.25, 0.3) is 0 Å². The van der Waals surface area contributed by atoms with E-state index in [-0.39, 0.29) is 18.3 Å². The van der Waals surface area contributed by atoms with Gasteiger partial charge in [-0.1, -0.05) is 12.1 Å². The van der Waals surface area contributed by atoms with E-state index < -0.39 is 0 Å². The first kappa shape index (κ1) is 17.2. The first-order valence-corrected chi connectivity index (χ1v) is 8.32. The van der Waals surface area contributed by atoms with E-state index in [1.54, 1.807) is 0 Å². The van der Waals surface area contributed by atoms with E-state index in [1.807, 2.05) is 24.3 Å². The minimum atomic E-state index is -0.335. The molecule has 0 atom stereocenters. The maximum Gasteiger partial charge on any atom is 0.262 e. The van der Waals surface area contributed by atoms with Gasteiger partial charge in [0.05, 0.1) is 11.4 Å². The number of carbonyl (C=O) groups excluding carboxylic acids is 1. The molecule has 25 heavy (non-hydrogen) atoms. The fraction of sp³-hybridized carbons (Fsp3) is 0.316. The summed E-state index contributed by atoms with van der Waals surface area (Å²) in [5, 5.41) is 2.91. The van der Waals surface area contributed by atoms with Crippen LogP contribution < -0.4 is 15.0 Å². The fourth-order valence-electron chi connectivity index (χ4n) is 2.77. The van der Waals surface area contributed by atoms with Crippen LogP contribution in [0.4, 0.5) is 15.8 Å².